The molecule has 0 heterocycles. The Labute approximate surface area is 568 Å². The molecule has 93 heavy (non-hydrogen) atoms. The monoisotopic (exact) mass is 1370 g/mol. The van der Waals surface area contributed by atoms with Gasteiger partial charge in [0.25, 0.3) is 0 Å². The van der Waals surface area contributed by atoms with E-state index >= 15 is 0 Å². The van der Waals surface area contributed by atoms with Crippen molar-refractivity contribution in [2.45, 2.75) is 388 Å². The van der Waals surface area contributed by atoms with E-state index in [2.05, 4.69) is 55.4 Å². The van der Waals surface area contributed by atoms with Crippen LogP contribution in [0.15, 0.2) is 0 Å². The minimum atomic E-state index is -4.96. The number of rotatable bonds is 71. The quantitative estimate of drug-likeness (QED) is 0.0222. The van der Waals surface area contributed by atoms with Gasteiger partial charge in [-0.25, -0.2) is 9.13 Å². The van der Waals surface area contributed by atoms with Gasteiger partial charge in [-0.15, -0.1) is 0 Å². The van der Waals surface area contributed by atoms with Crippen LogP contribution in [-0.2, 0) is 65.4 Å². The van der Waals surface area contributed by atoms with Gasteiger partial charge in [0.1, 0.15) is 19.3 Å². The number of phosphoric acid groups is 2. The number of carbonyl (C=O) groups excluding carboxylic acids is 4. The first-order chi connectivity index (χ1) is 44.6. The van der Waals surface area contributed by atoms with Crippen LogP contribution >= 0.6 is 15.6 Å². The molecule has 0 saturated carbocycles. The van der Waals surface area contributed by atoms with E-state index in [4.69, 9.17) is 37.0 Å². The largest absolute Gasteiger partial charge is 0.472 e. The number of aliphatic hydroxyl groups is 1. The fourth-order valence-corrected chi connectivity index (χ4v) is 12.8. The maximum absolute atomic E-state index is 13.1. The molecule has 0 aromatic carbocycles. The molecule has 0 bridgehead atoms. The second kappa shape index (κ2) is 63.5. The molecule has 0 amide bonds. The Kier molecular flexibility index (Phi) is 62.2. The number of phosphoric ester groups is 2. The highest BCUT2D eigenvalue weighted by Gasteiger charge is 2.30. The normalized spacial score (nSPS) is 14.2. The molecule has 0 radical (unpaired) electrons. The molecular formula is C74H144O17P2. The molecule has 0 aromatic rings. The Morgan fingerprint density at radius 1 is 0.269 bits per heavy atom. The summed E-state index contributed by atoms with van der Waals surface area (Å²) in [6.45, 7) is 14.1. The van der Waals surface area contributed by atoms with Crippen molar-refractivity contribution in [2.75, 3.05) is 39.6 Å². The van der Waals surface area contributed by atoms with Crippen LogP contribution in [0.2, 0.25) is 0 Å². The zero-order valence-electron chi connectivity index (χ0n) is 60.9. The summed E-state index contributed by atoms with van der Waals surface area (Å²) in [5.41, 5.74) is 0. The predicted octanol–water partition coefficient (Wildman–Crippen LogP) is 21.3. The molecule has 0 fully saturated rings. The summed E-state index contributed by atoms with van der Waals surface area (Å²) in [5.74, 6) is 0.871. The topological polar surface area (TPSA) is 237 Å². The lowest BCUT2D eigenvalue weighted by molar-refractivity contribution is -0.161. The third-order valence-electron chi connectivity index (χ3n) is 17.1. The van der Waals surface area contributed by atoms with E-state index in [1.165, 1.54) is 167 Å². The first kappa shape index (κ1) is 91.1. The van der Waals surface area contributed by atoms with E-state index in [0.717, 1.165) is 114 Å². The standard InChI is InChI=1S/C74H144O17P2/c1-64(2)50-42-34-26-19-15-12-10-9-11-13-17-22-31-40-48-56-73(78)90-69(60-84-71(76)54-46-38-30-21-18-14-16-20-27-35-43-51-65(3)4)62-88-92(80,81)86-58-68(75)59-87-93(82,83)89-63-70(61-85-72(77)55-47-39-33-25-29-37-45-53-67(7)8)91-74(79)57-49-41-32-24-23-28-36-44-52-66(5)6/h64-70,75H,9-63H2,1-8H3,(H,80,81)(H,82,83)/t68?,69-,70-/m1/s1. The highest BCUT2D eigenvalue weighted by atomic mass is 31.2. The van der Waals surface area contributed by atoms with Gasteiger partial charge in [-0.2, -0.15) is 0 Å². The Hall–Kier alpha value is -1.94. The summed E-state index contributed by atoms with van der Waals surface area (Å²) in [6.07, 6.45) is 47.3. The van der Waals surface area contributed by atoms with Gasteiger partial charge in [-0.3, -0.25) is 37.3 Å². The van der Waals surface area contributed by atoms with Gasteiger partial charge < -0.3 is 33.8 Å². The molecule has 0 aromatic heterocycles. The van der Waals surface area contributed by atoms with E-state index in [1.807, 2.05) is 0 Å². The highest BCUT2D eigenvalue weighted by Crippen LogP contribution is 2.45. The lowest BCUT2D eigenvalue weighted by atomic mass is 10.0. The first-order valence-corrected chi connectivity index (χ1v) is 41.2. The number of esters is 4. The third kappa shape index (κ3) is 68.4. The van der Waals surface area contributed by atoms with Gasteiger partial charge >= 0.3 is 39.5 Å². The molecule has 0 rings (SSSR count). The van der Waals surface area contributed by atoms with Crippen LogP contribution < -0.4 is 0 Å². The second-order valence-electron chi connectivity index (χ2n) is 28.6. The molecule has 552 valence electrons. The summed E-state index contributed by atoms with van der Waals surface area (Å²) in [4.78, 5) is 72.7. The molecule has 0 spiro atoms. The molecule has 19 heteroatoms. The van der Waals surface area contributed by atoms with Gasteiger partial charge in [-0.05, 0) is 49.4 Å². The Morgan fingerprint density at radius 3 is 0.667 bits per heavy atom. The average Bonchev–Trinajstić information content (AvgIpc) is 1.93. The number of hydrogen-bond acceptors (Lipinski definition) is 15. The van der Waals surface area contributed by atoms with Gasteiger partial charge in [-0.1, -0.05) is 319 Å². The molecule has 0 saturated heterocycles. The Bertz CT molecular complexity index is 1830. The minimum absolute atomic E-state index is 0.103. The number of aliphatic hydroxyl groups excluding tert-OH is 1. The van der Waals surface area contributed by atoms with Crippen molar-refractivity contribution < 1.29 is 80.2 Å². The summed E-state index contributed by atoms with van der Waals surface area (Å²) in [6, 6.07) is 0. The number of hydrogen-bond donors (Lipinski definition) is 3. The lowest BCUT2D eigenvalue weighted by Gasteiger charge is -2.21. The van der Waals surface area contributed by atoms with Crippen molar-refractivity contribution in [2.24, 2.45) is 23.7 Å². The molecule has 0 aliphatic carbocycles. The van der Waals surface area contributed by atoms with Crippen molar-refractivity contribution in [3.8, 4) is 0 Å². The lowest BCUT2D eigenvalue weighted by Crippen LogP contribution is -2.30. The van der Waals surface area contributed by atoms with Gasteiger partial charge in [0.2, 0.25) is 0 Å². The van der Waals surface area contributed by atoms with Crippen LogP contribution in [-0.4, -0.2) is 96.7 Å². The summed E-state index contributed by atoms with van der Waals surface area (Å²) in [7, 11) is -9.91. The van der Waals surface area contributed by atoms with Crippen molar-refractivity contribution in [1.29, 1.82) is 0 Å². The summed E-state index contributed by atoms with van der Waals surface area (Å²) in [5, 5.41) is 10.6. The zero-order valence-corrected chi connectivity index (χ0v) is 62.7. The Morgan fingerprint density at radius 2 is 0.452 bits per heavy atom. The molecule has 5 atom stereocenters. The molecule has 3 N–H and O–H groups in total. The number of carbonyl (C=O) groups is 4. The fraction of sp³-hybridized carbons (Fsp3) is 0.946. The van der Waals surface area contributed by atoms with Crippen molar-refractivity contribution in [3.05, 3.63) is 0 Å². The van der Waals surface area contributed by atoms with Crippen LogP contribution in [0.25, 0.3) is 0 Å². The average molecular weight is 1370 g/mol. The maximum Gasteiger partial charge on any atom is 0.472 e. The van der Waals surface area contributed by atoms with Crippen molar-refractivity contribution in [3.63, 3.8) is 0 Å². The van der Waals surface area contributed by atoms with Crippen LogP contribution in [0.1, 0.15) is 370 Å². The second-order valence-corrected chi connectivity index (χ2v) is 31.5. The van der Waals surface area contributed by atoms with E-state index < -0.39 is 97.5 Å². The van der Waals surface area contributed by atoms with E-state index in [0.29, 0.717) is 31.6 Å². The SMILES string of the molecule is CC(C)CCCCCCCCCCCCCCCCCC(=O)O[C@H](COC(=O)CCCCCCCCCCCCCC(C)C)COP(=O)(O)OCC(O)COP(=O)(O)OC[C@@H](COC(=O)CCCCCCCCCC(C)C)OC(=O)CCCCCCCCCCC(C)C. The van der Waals surface area contributed by atoms with Gasteiger partial charge in [0.05, 0.1) is 26.4 Å². The van der Waals surface area contributed by atoms with E-state index in [1.54, 1.807) is 0 Å². The van der Waals surface area contributed by atoms with E-state index in [9.17, 15) is 43.2 Å². The smallest absolute Gasteiger partial charge is 0.462 e. The van der Waals surface area contributed by atoms with Crippen LogP contribution in [0, 0.1) is 23.7 Å². The first-order valence-electron chi connectivity index (χ1n) is 38.2. The fourth-order valence-electron chi connectivity index (χ4n) is 11.2. The minimum Gasteiger partial charge on any atom is -0.462 e. The van der Waals surface area contributed by atoms with Crippen molar-refractivity contribution >= 4 is 39.5 Å². The number of unbranched alkanes of at least 4 members (excludes halogenated alkanes) is 37. The number of ether oxygens (including phenoxy) is 4. The van der Waals surface area contributed by atoms with Gasteiger partial charge in [0, 0.05) is 25.7 Å². The van der Waals surface area contributed by atoms with Crippen LogP contribution in [0.3, 0.4) is 0 Å². The zero-order chi connectivity index (χ0) is 68.9. The molecular weight excluding hydrogens is 1220 g/mol. The summed E-state index contributed by atoms with van der Waals surface area (Å²) >= 11 is 0. The van der Waals surface area contributed by atoms with E-state index in [-0.39, 0.29) is 25.7 Å². The molecule has 0 aliphatic heterocycles. The highest BCUT2D eigenvalue weighted by molar-refractivity contribution is 7.47. The Balaban J connectivity index is 5.24. The predicted molar refractivity (Wildman–Crippen MR) is 377 cm³/mol. The molecule has 3 unspecified atom stereocenters. The van der Waals surface area contributed by atoms with Gasteiger partial charge in [0.15, 0.2) is 12.2 Å². The molecule has 17 nitrogen and oxygen atoms in total. The maximum atomic E-state index is 13.1. The van der Waals surface area contributed by atoms with Crippen molar-refractivity contribution in [1.82, 2.24) is 0 Å². The third-order valence-corrected chi connectivity index (χ3v) is 19.0. The summed E-state index contributed by atoms with van der Waals surface area (Å²) < 4.78 is 68.4. The van der Waals surface area contributed by atoms with Crippen LogP contribution in [0.4, 0.5) is 0 Å². The molecule has 0 aliphatic rings. The van der Waals surface area contributed by atoms with Crippen LogP contribution in [0.5, 0.6) is 0 Å².